The van der Waals surface area contributed by atoms with Gasteiger partial charge in [0, 0.05) is 42.1 Å². The molecule has 1 aliphatic rings. The maximum atomic E-state index is 13.4. The van der Waals surface area contributed by atoms with E-state index in [9.17, 15) is 13.6 Å². The molecule has 3 aromatic rings. The minimum absolute atomic E-state index is 0.0375. The van der Waals surface area contributed by atoms with E-state index in [2.05, 4.69) is 26.8 Å². The number of hydrogen-bond donors (Lipinski definition) is 3. The maximum Gasteiger partial charge on any atom is 0.266 e. The fraction of sp³-hybridized carbons (Fsp3) is 0.286. The number of aliphatic hydroxyl groups excluding tert-OH is 1. The smallest absolute Gasteiger partial charge is 0.266 e. The summed E-state index contributed by atoms with van der Waals surface area (Å²) in [7, 11) is 0. The van der Waals surface area contributed by atoms with Gasteiger partial charge in [0.25, 0.3) is 5.91 Å². The molecule has 0 fully saturated rings. The van der Waals surface area contributed by atoms with Crippen LogP contribution in [0.2, 0.25) is 0 Å². The molecule has 38 heavy (non-hydrogen) atoms. The van der Waals surface area contributed by atoms with Gasteiger partial charge in [-0.2, -0.15) is 0 Å². The molecule has 0 aliphatic carbocycles. The molecule has 200 valence electrons. The molecule has 1 atom stereocenters. The molecule has 0 saturated heterocycles. The first-order valence-corrected chi connectivity index (χ1v) is 13.0. The highest BCUT2D eigenvalue weighted by molar-refractivity contribution is 9.10. The number of hydrazine groups is 1. The number of ether oxygens (including phenoxy) is 2. The highest BCUT2D eigenvalue weighted by Crippen LogP contribution is 2.28. The van der Waals surface area contributed by atoms with E-state index in [1.165, 1.54) is 12.1 Å². The molecule has 0 radical (unpaired) electrons. The Kier molecular flexibility index (Phi) is 9.43. The molecule has 0 spiro atoms. The fourth-order valence-electron chi connectivity index (χ4n) is 3.99. The molecule has 1 heterocycles. The van der Waals surface area contributed by atoms with Gasteiger partial charge in [-0.1, -0.05) is 28.1 Å². The second kappa shape index (κ2) is 12.9. The number of carbonyl (C=O) groups excluding carboxylic acids is 1. The SMILES string of the molecule is O=C(NNCCc1cc(F)cc(F)c1)[C@]1(Cc2ccc(Br)cc2)COC(c2ccc(OCCCO)cc2)=N1. The zero-order valence-corrected chi connectivity index (χ0v) is 22.1. The molecule has 7 nitrogen and oxygen atoms in total. The van der Waals surface area contributed by atoms with E-state index in [0.29, 0.717) is 48.6 Å². The molecule has 3 N–H and O–H groups in total. The molecule has 0 saturated carbocycles. The fourth-order valence-corrected chi connectivity index (χ4v) is 4.26. The lowest BCUT2D eigenvalue weighted by atomic mass is 9.91. The Morgan fingerprint density at radius 1 is 1.05 bits per heavy atom. The van der Waals surface area contributed by atoms with Crippen molar-refractivity contribution in [1.82, 2.24) is 10.9 Å². The van der Waals surface area contributed by atoms with E-state index in [1.807, 2.05) is 24.3 Å². The summed E-state index contributed by atoms with van der Waals surface area (Å²) in [6, 6.07) is 18.1. The lowest BCUT2D eigenvalue weighted by Gasteiger charge is -2.23. The zero-order chi connectivity index (χ0) is 27.0. The van der Waals surface area contributed by atoms with E-state index in [4.69, 9.17) is 19.6 Å². The van der Waals surface area contributed by atoms with Gasteiger partial charge in [-0.05, 0) is 66.1 Å². The first-order valence-electron chi connectivity index (χ1n) is 12.2. The van der Waals surface area contributed by atoms with Gasteiger partial charge in [-0.25, -0.2) is 19.2 Å². The van der Waals surface area contributed by atoms with Crippen molar-refractivity contribution in [3.63, 3.8) is 0 Å². The van der Waals surface area contributed by atoms with Gasteiger partial charge in [0.15, 0.2) is 5.54 Å². The number of rotatable bonds is 12. The zero-order valence-electron chi connectivity index (χ0n) is 20.6. The molecule has 1 amide bonds. The summed E-state index contributed by atoms with van der Waals surface area (Å²) in [6.07, 6.45) is 1.15. The van der Waals surface area contributed by atoms with E-state index in [1.54, 1.807) is 24.3 Å². The van der Waals surface area contributed by atoms with Crippen LogP contribution in [0.15, 0.2) is 76.2 Å². The van der Waals surface area contributed by atoms with Crippen LogP contribution in [0.25, 0.3) is 0 Å². The van der Waals surface area contributed by atoms with Gasteiger partial charge >= 0.3 is 0 Å². The topological polar surface area (TPSA) is 92.2 Å². The number of nitrogens with one attached hydrogen (secondary N) is 2. The average molecular weight is 588 g/mol. The number of amides is 1. The van der Waals surface area contributed by atoms with Gasteiger partial charge in [-0.3, -0.25) is 10.2 Å². The van der Waals surface area contributed by atoms with Crippen molar-refractivity contribution in [2.45, 2.75) is 24.8 Å². The lowest BCUT2D eigenvalue weighted by Crippen LogP contribution is -2.53. The standard InChI is InChI=1S/C28H28BrF2N3O4/c29-22-6-2-19(3-7-22)17-28(27(36)34-32-11-10-20-14-23(30)16-24(31)15-20)18-38-26(33-28)21-4-8-25(9-5-21)37-13-1-12-35/h2-9,14-16,32,35H,1,10-13,17-18H2,(H,34,36)/t28-/m0/s1. The quantitative estimate of drug-likeness (QED) is 0.219. The summed E-state index contributed by atoms with van der Waals surface area (Å²) in [6.45, 7) is 0.766. The van der Waals surface area contributed by atoms with Crippen molar-refractivity contribution in [1.29, 1.82) is 0 Å². The Labute approximate surface area is 228 Å². The van der Waals surface area contributed by atoms with Crippen LogP contribution in [-0.4, -0.2) is 48.8 Å². The summed E-state index contributed by atoms with van der Waals surface area (Å²) in [5.74, 6) is -0.680. The Morgan fingerprint density at radius 2 is 1.76 bits per heavy atom. The number of aliphatic imine (C=N–C) groups is 1. The van der Waals surface area contributed by atoms with Crippen LogP contribution in [0, 0.1) is 11.6 Å². The predicted octanol–water partition coefficient (Wildman–Crippen LogP) is 4.11. The molecular weight excluding hydrogens is 560 g/mol. The van der Waals surface area contributed by atoms with Crippen molar-refractivity contribution in [3.05, 3.63) is 99.5 Å². The molecule has 0 unspecified atom stereocenters. The van der Waals surface area contributed by atoms with Crippen molar-refractivity contribution < 1.29 is 28.2 Å². The molecule has 3 aromatic carbocycles. The number of nitrogens with zero attached hydrogens (tertiary/aromatic N) is 1. The number of halogens is 3. The van der Waals surface area contributed by atoms with Crippen LogP contribution in [0.4, 0.5) is 8.78 Å². The highest BCUT2D eigenvalue weighted by Gasteiger charge is 2.44. The molecule has 10 heteroatoms. The number of carbonyl (C=O) groups is 1. The number of hydrogen-bond acceptors (Lipinski definition) is 6. The van der Waals surface area contributed by atoms with Gasteiger partial charge in [0.2, 0.25) is 5.90 Å². The summed E-state index contributed by atoms with van der Waals surface area (Å²) < 4.78 is 39.3. The van der Waals surface area contributed by atoms with E-state index < -0.39 is 17.2 Å². The summed E-state index contributed by atoms with van der Waals surface area (Å²) in [4.78, 5) is 18.1. The van der Waals surface area contributed by atoms with Crippen molar-refractivity contribution in [3.8, 4) is 5.75 Å². The third-order valence-electron chi connectivity index (χ3n) is 5.93. The Bertz CT molecular complexity index is 1250. The molecular formula is C28H28BrF2N3O4. The maximum absolute atomic E-state index is 13.4. The molecule has 0 bridgehead atoms. The van der Waals surface area contributed by atoms with Crippen LogP contribution < -0.4 is 15.6 Å². The van der Waals surface area contributed by atoms with Crippen LogP contribution in [-0.2, 0) is 22.4 Å². The van der Waals surface area contributed by atoms with Crippen LogP contribution in [0.3, 0.4) is 0 Å². The van der Waals surface area contributed by atoms with Crippen molar-refractivity contribution in [2.75, 3.05) is 26.4 Å². The van der Waals surface area contributed by atoms with Crippen molar-refractivity contribution >= 4 is 27.7 Å². The lowest BCUT2D eigenvalue weighted by molar-refractivity contribution is -0.127. The second-order valence-electron chi connectivity index (χ2n) is 8.90. The third kappa shape index (κ3) is 7.37. The molecule has 0 aromatic heterocycles. The minimum Gasteiger partial charge on any atom is -0.494 e. The van der Waals surface area contributed by atoms with Crippen LogP contribution in [0.5, 0.6) is 5.75 Å². The van der Waals surface area contributed by atoms with Gasteiger partial charge in [0.05, 0.1) is 6.61 Å². The normalized spacial score (nSPS) is 16.6. The Balaban J connectivity index is 1.46. The Morgan fingerprint density at radius 3 is 2.45 bits per heavy atom. The van der Waals surface area contributed by atoms with Gasteiger partial charge < -0.3 is 14.6 Å². The first-order chi connectivity index (χ1) is 18.4. The summed E-state index contributed by atoms with van der Waals surface area (Å²) in [5.41, 5.74) is 6.39. The van der Waals surface area contributed by atoms with Gasteiger partial charge in [-0.15, -0.1) is 0 Å². The molecule has 4 rings (SSSR count). The Hall–Kier alpha value is -3.34. The van der Waals surface area contributed by atoms with E-state index in [0.717, 1.165) is 16.1 Å². The van der Waals surface area contributed by atoms with Crippen LogP contribution in [0.1, 0.15) is 23.1 Å². The monoisotopic (exact) mass is 587 g/mol. The largest absolute Gasteiger partial charge is 0.494 e. The predicted molar refractivity (Wildman–Crippen MR) is 143 cm³/mol. The van der Waals surface area contributed by atoms with Crippen molar-refractivity contribution in [2.24, 2.45) is 4.99 Å². The van der Waals surface area contributed by atoms with Gasteiger partial charge in [0.1, 0.15) is 24.0 Å². The summed E-state index contributed by atoms with van der Waals surface area (Å²) >= 11 is 3.43. The number of benzene rings is 3. The van der Waals surface area contributed by atoms with Crippen LogP contribution >= 0.6 is 15.9 Å². The number of aliphatic hydroxyl groups is 1. The first kappa shape index (κ1) is 27.7. The highest BCUT2D eigenvalue weighted by atomic mass is 79.9. The average Bonchev–Trinajstić information content (AvgIpc) is 3.33. The van der Waals surface area contributed by atoms with E-state index in [-0.39, 0.29) is 25.7 Å². The minimum atomic E-state index is -1.22. The van der Waals surface area contributed by atoms with E-state index >= 15 is 0 Å². The third-order valence-corrected chi connectivity index (χ3v) is 6.46. The molecule has 1 aliphatic heterocycles. The second-order valence-corrected chi connectivity index (χ2v) is 9.81. The summed E-state index contributed by atoms with van der Waals surface area (Å²) in [5, 5.41) is 8.91.